The highest BCUT2D eigenvalue weighted by molar-refractivity contribution is 5.94. The highest BCUT2D eigenvalue weighted by Gasteiger charge is 2.24. The molecule has 1 aromatic heterocycles. The van der Waals surface area contributed by atoms with Crippen LogP contribution < -0.4 is 0 Å². The lowest BCUT2D eigenvalue weighted by Crippen LogP contribution is -2.42. The normalized spacial score (nSPS) is 17.8. The molecule has 0 bridgehead atoms. The van der Waals surface area contributed by atoms with Crippen molar-refractivity contribution in [2.75, 3.05) is 20.2 Å². The lowest BCUT2D eigenvalue weighted by atomic mass is 10.0. The number of rotatable bonds is 4. The molecular weight excluding hydrogens is 314 g/mol. The summed E-state index contributed by atoms with van der Waals surface area (Å²) in [6, 6.07) is 11.6. The van der Waals surface area contributed by atoms with Crippen LogP contribution in [0, 0.1) is 0 Å². The minimum absolute atomic E-state index is 0.0644. The molecule has 5 nitrogen and oxygen atoms in total. The standard InChI is InChI=1S/C20H25N3O2/c1-14(2)18-10-11-19(22-21-18)15-6-8-16(9-7-15)20(24)23-12-4-5-17(13-23)25-3/h6-11,14,17H,4-5,12-13H2,1-3H3. The van der Waals surface area contributed by atoms with Crippen molar-refractivity contribution in [3.8, 4) is 11.3 Å². The molecule has 5 heteroatoms. The maximum atomic E-state index is 12.7. The van der Waals surface area contributed by atoms with Gasteiger partial charge in [0.15, 0.2) is 0 Å². The average Bonchev–Trinajstić information content (AvgIpc) is 2.67. The van der Waals surface area contributed by atoms with Crippen molar-refractivity contribution in [1.82, 2.24) is 15.1 Å². The smallest absolute Gasteiger partial charge is 0.253 e. The molecule has 0 saturated carbocycles. The number of amides is 1. The number of likely N-dealkylation sites (tertiary alicyclic amines) is 1. The van der Waals surface area contributed by atoms with Crippen molar-refractivity contribution in [2.45, 2.75) is 38.7 Å². The van der Waals surface area contributed by atoms with Crippen LogP contribution in [-0.4, -0.2) is 47.3 Å². The summed E-state index contributed by atoms with van der Waals surface area (Å²) in [4.78, 5) is 14.5. The Kier molecular flexibility index (Phi) is 5.43. The molecule has 1 saturated heterocycles. The Morgan fingerprint density at radius 3 is 2.52 bits per heavy atom. The second-order valence-electron chi connectivity index (χ2n) is 6.83. The van der Waals surface area contributed by atoms with Crippen LogP contribution >= 0.6 is 0 Å². The monoisotopic (exact) mass is 339 g/mol. The summed E-state index contributed by atoms with van der Waals surface area (Å²) in [7, 11) is 1.71. The van der Waals surface area contributed by atoms with Crippen molar-refractivity contribution < 1.29 is 9.53 Å². The van der Waals surface area contributed by atoms with Crippen LogP contribution in [0.25, 0.3) is 11.3 Å². The third-order valence-corrected chi connectivity index (χ3v) is 4.70. The first-order valence-electron chi connectivity index (χ1n) is 8.84. The summed E-state index contributed by atoms with van der Waals surface area (Å²) in [6.45, 7) is 5.65. The Balaban J connectivity index is 1.72. The summed E-state index contributed by atoms with van der Waals surface area (Å²) in [5.74, 6) is 0.427. The zero-order valence-electron chi connectivity index (χ0n) is 15.1. The Hall–Kier alpha value is -2.27. The van der Waals surface area contributed by atoms with Gasteiger partial charge in [-0.3, -0.25) is 4.79 Å². The summed E-state index contributed by atoms with van der Waals surface area (Å²) in [5.41, 5.74) is 3.47. The molecule has 1 amide bonds. The fourth-order valence-electron chi connectivity index (χ4n) is 3.09. The molecule has 0 spiro atoms. The number of carbonyl (C=O) groups is 1. The van der Waals surface area contributed by atoms with Crippen molar-refractivity contribution in [3.63, 3.8) is 0 Å². The molecular formula is C20H25N3O2. The Bertz CT molecular complexity index is 711. The molecule has 1 aliphatic heterocycles. The maximum Gasteiger partial charge on any atom is 0.253 e. The summed E-state index contributed by atoms with van der Waals surface area (Å²) in [6.07, 6.45) is 2.15. The second-order valence-corrected chi connectivity index (χ2v) is 6.83. The molecule has 1 unspecified atom stereocenters. The molecule has 2 aromatic rings. The number of hydrogen-bond acceptors (Lipinski definition) is 4. The van der Waals surface area contributed by atoms with E-state index in [4.69, 9.17) is 4.74 Å². The maximum absolute atomic E-state index is 12.7. The van der Waals surface area contributed by atoms with Gasteiger partial charge in [0.2, 0.25) is 0 Å². The number of piperidine rings is 1. The van der Waals surface area contributed by atoms with E-state index in [9.17, 15) is 4.79 Å². The molecule has 3 rings (SSSR count). The van der Waals surface area contributed by atoms with E-state index in [1.807, 2.05) is 41.3 Å². The number of nitrogens with zero attached hydrogens (tertiary/aromatic N) is 3. The predicted molar refractivity (Wildman–Crippen MR) is 97.5 cm³/mol. The van der Waals surface area contributed by atoms with Crippen LogP contribution in [0.15, 0.2) is 36.4 Å². The summed E-state index contributed by atoms with van der Waals surface area (Å²) < 4.78 is 5.40. The van der Waals surface area contributed by atoms with E-state index in [-0.39, 0.29) is 12.0 Å². The molecule has 132 valence electrons. The van der Waals surface area contributed by atoms with Gasteiger partial charge in [-0.25, -0.2) is 0 Å². The van der Waals surface area contributed by atoms with Gasteiger partial charge in [0, 0.05) is 31.3 Å². The molecule has 2 heterocycles. The Morgan fingerprint density at radius 1 is 1.16 bits per heavy atom. The van der Waals surface area contributed by atoms with E-state index in [0.717, 1.165) is 36.3 Å². The first-order valence-corrected chi connectivity index (χ1v) is 8.84. The van der Waals surface area contributed by atoms with Gasteiger partial charge in [-0.15, -0.1) is 0 Å². The molecule has 1 aromatic carbocycles. The quantitative estimate of drug-likeness (QED) is 0.855. The molecule has 0 radical (unpaired) electrons. The van der Waals surface area contributed by atoms with Gasteiger partial charge in [-0.2, -0.15) is 10.2 Å². The zero-order chi connectivity index (χ0) is 17.8. The summed E-state index contributed by atoms with van der Waals surface area (Å²) >= 11 is 0. The van der Waals surface area contributed by atoms with Gasteiger partial charge >= 0.3 is 0 Å². The topological polar surface area (TPSA) is 55.3 Å². The molecule has 1 aliphatic rings. The Labute approximate surface area is 149 Å². The highest BCUT2D eigenvalue weighted by Crippen LogP contribution is 2.21. The van der Waals surface area contributed by atoms with Gasteiger partial charge in [-0.1, -0.05) is 26.0 Å². The van der Waals surface area contributed by atoms with Crippen molar-refractivity contribution in [3.05, 3.63) is 47.7 Å². The SMILES string of the molecule is COC1CCCN(C(=O)c2ccc(-c3ccc(C(C)C)nn3)cc2)C1. The molecule has 0 N–H and O–H groups in total. The number of methoxy groups -OCH3 is 1. The van der Waals surface area contributed by atoms with Crippen LogP contribution in [0.5, 0.6) is 0 Å². The molecule has 0 aliphatic carbocycles. The predicted octanol–water partition coefficient (Wildman–Crippen LogP) is 3.52. The van der Waals surface area contributed by atoms with Crippen LogP contribution in [0.1, 0.15) is 48.7 Å². The second kappa shape index (κ2) is 7.74. The highest BCUT2D eigenvalue weighted by atomic mass is 16.5. The number of aromatic nitrogens is 2. The van der Waals surface area contributed by atoms with Crippen LogP contribution in [0.2, 0.25) is 0 Å². The van der Waals surface area contributed by atoms with E-state index in [2.05, 4.69) is 24.0 Å². The number of benzene rings is 1. The van der Waals surface area contributed by atoms with E-state index in [1.165, 1.54) is 0 Å². The first-order chi connectivity index (χ1) is 12.1. The third-order valence-electron chi connectivity index (χ3n) is 4.70. The van der Waals surface area contributed by atoms with Crippen molar-refractivity contribution >= 4 is 5.91 Å². The van der Waals surface area contributed by atoms with Gasteiger partial charge < -0.3 is 9.64 Å². The largest absolute Gasteiger partial charge is 0.380 e. The van der Waals surface area contributed by atoms with Gasteiger partial charge in [0.25, 0.3) is 5.91 Å². The van der Waals surface area contributed by atoms with Crippen molar-refractivity contribution in [2.24, 2.45) is 0 Å². The minimum Gasteiger partial charge on any atom is -0.380 e. The van der Waals surface area contributed by atoms with Crippen molar-refractivity contribution in [1.29, 1.82) is 0 Å². The van der Waals surface area contributed by atoms with Crippen LogP contribution in [0.4, 0.5) is 0 Å². The zero-order valence-corrected chi connectivity index (χ0v) is 15.1. The van der Waals surface area contributed by atoms with E-state index in [1.54, 1.807) is 7.11 Å². The minimum atomic E-state index is 0.0644. The summed E-state index contributed by atoms with van der Waals surface area (Å²) in [5, 5.41) is 8.56. The fourth-order valence-corrected chi connectivity index (χ4v) is 3.09. The third kappa shape index (κ3) is 4.04. The van der Waals surface area contributed by atoms with Gasteiger partial charge in [0.1, 0.15) is 0 Å². The fraction of sp³-hybridized carbons (Fsp3) is 0.450. The van der Waals surface area contributed by atoms with Gasteiger partial charge in [-0.05, 0) is 43.0 Å². The molecule has 1 fully saturated rings. The number of hydrogen-bond donors (Lipinski definition) is 0. The van der Waals surface area contributed by atoms with Crippen LogP contribution in [0.3, 0.4) is 0 Å². The number of ether oxygens (including phenoxy) is 1. The number of carbonyl (C=O) groups excluding carboxylic acids is 1. The van der Waals surface area contributed by atoms with Gasteiger partial charge in [0.05, 0.1) is 17.5 Å². The van der Waals surface area contributed by atoms with Crippen LogP contribution in [-0.2, 0) is 4.74 Å². The molecule has 1 atom stereocenters. The van der Waals surface area contributed by atoms with E-state index >= 15 is 0 Å². The lowest BCUT2D eigenvalue weighted by molar-refractivity contribution is 0.0269. The molecule has 25 heavy (non-hydrogen) atoms. The van der Waals surface area contributed by atoms with E-state index in [0.29, 0.717) is 18.0 Å². The first kappa shape index (κ1) is 17.5. The lowest BCUT2D eigenvalue weighted by Gasteiger charge is -2.32. The average molecular weight is 339 g/mol. The Morgan fingerprint density at radius 2 is 1.92 bits per heavy atom. The van der Waals surface area contributed by atoms with E-state index < -0.39 is 0 Å².